The SMILES string of the molecule is COCCCOC(=O)c1cnc(Cl)c(Cl)c1. The maximum atomic E-state index is 11.5. The van der Waals surface area contributed by atoms with Crippen LogP contribution in [-0.4, -0.2) is 31.3 Å². The molecule has 0 aliphatic heterocycles. The van der Waals surface area contributed by atoms with Gasteiger partial charge in [0.1, 0.15) is 5.15 Å². The number of rotatable bonds is 5. The lowest BCUT2D eigenvalue weighted by Crippen LogP contribution is -2.08. The van der Waals surface area contributed by atoms with Gasteiger partial charge >= 0.3 is 5.97 Å². The van der Waals surface area contributed by atoms with Crippen molar-refractivity contribution in [2.24, 2.45) is 0 Å². The van der Waals surface area contributed by atoms with Gasteiger partial charge in [-0.1, -0.05) is 23.2 Å². The third kappa shape index (κ3) is 3.96. The molecular formula is C10H11Cl2NO3. The lowest BCUT2D eigenvalue weighted by atomic mass is 10.3. The normalized spacial score (nSPS) is 10.2. The van der Waals surface area contributed by atoms with Gasteiger partial charge in [-0.25, -0.2) is 9.78 Å². The Morgan fingerprint density at radius 2 is 2.19 bits per heavy atom. The Bertz CT molecular complexity index is 371. The average molecular weight is 264 g/mol. The second-order valence-electron chi connectivity index (χ2n) is 2.98. The molecule has 0 N–H and O–H groups in total. The van der Waals surface area contributed by atoms with E-state index in [2.05, 4.69) is 4.98 Å². The number of halogens is 2. The van der Waals surface area contributed by atoms with Gasteiger partial charge < -0.3 is 9.47 Å². The summed E-state index contributed by atoms with van der Waals surface area (Å²) in [6.07, 6.45) is 1.98. The van der Waals surface area contributed by atoms with E-state index >= 15 is 0 Å². The summed E-state index contributed by atoms with van der Waals surface area (Å²) >= 11 is 11.3. The number of methoxy groups -OCH3 is 1. The average Bonchev–Trinajstić information content (AvgIpc) is 2.28. The summed E-state index contributed by atoms with van der Waals surface area (Å²) in [7, 11) is 1.59. The molecule has 1 aromatic heterocycles. The van der Waals surface area contributed by atoms with Crippen LogP contribution in [0.2, 0.25) is 10.2 Å². The number of hydrogen-bond donors (Lipinski definition) is 0. The zero-order chi connectivity index (χ0) is 12.0. The number of carbonyl (C=O) groups is 1. The Labute approximate surface area is 103 Å². The topological polar surface area (TPSA) is 48.4 Å². The Balaban J connectivity index is 2.50. The van der Waals surface area contributed by atoms with Gasteiger partial charge in [-0.2, -0.15) is 0 Å². The molecule has 0 atom stereocenters. The van der Waals surface area contributed by atoms with Crippen molar-refractivity contribution in [1.82, 2.24) is 4.98 Å². The smallest absolute Gasteiger partial charge is 0.339 e. The summed E-state index contributed by atoms with van der Waals surface area (Å²) < 4.78 is 9.79. The molecule has 6 heteroatoms. The summed E-state index contributed by atoms with van der Waals surface area (Å²) in [6, 6.07) is 1.43. The molecule has 0 unspecified atom stereocenters. The molecule has 1 aromatic rings. The van der Waals surface area contributed by atoms with Crippen molar-refractivity contribution in [3.63, 3.8) is 0 Å². The van der Waals surface area contributed by atoms with E-state index in [4.69, 9.17) is 32.7 Å². The second kappa shape index (κ2) is 6.68. The molecule has 0 saturated carbocycles. The highest BCUT2D eigenvalue weighted by molar-refractivity contribution is 6.41. The third-order valence-electron chi connectivity index (χ3n) is 1.76. The van der Waals surface area contributed by atoms with Crippen LogP contribution in [0.25, 0.3) is 0 Å². The molecule has 0 fully saturated rings. The van der Waals surface area contributed by atoms with Gasteiger partial charge in [0, 0.05) is 26.3 Å². The van der Waals surface area contributed by atoms with Gasteiger partial charge in [0.25, 0.3) is 0 Å². The van der Waals surface area contributed by atoms with Crippen molar-refractivity contribution in [2.45, 2.75) is 6.42 Å². The first-order valence-corrected chi connectivity index (χ1v) is 5.38. The predicted octanol–water partition coefficient (Wildman–Crippen LogP) is 2.58. The van der Waals surface area contributed by atoms with Crippen LogP contribution in [0, 0.1) is 0 Å². The zero-order valence-corrected chi connectivity index (χ0v) is 10.2. The Morgan fingerprint density at radius 1 is 1.44 bits per heavy atom. The highest BCUT2D eigenvalue weighted by Gasteiger charge is 2.09. The first-order chi connectivity index (χ1) is 7.65. The molecule has 1 rings (SSSR count). The number of pyridine rings is 1. The molecule has 0 amide bonds. The number of nitrogens with zero attached hydrogens (tertiary/aromatic N) is 1. The first kappa shape index (κ1) is 13.2. The molecule has 0 aromatic carbocycles. The van der Waals surface area contributed by atoms with Gasteiger partial charge in [-0.3, -0.25) is 0 Å². The highest BCUT2D eigenvalue weighted by Crippen LogP contribution is 2.19. The van der Waals surface area contributed by atoms with Gasteiger partial charge in [0.05, 0.1) is 17.2 Å². The molecule has 0 aliphatic carbocycles. The molecule has 4 nitrogen and oxygen atoms in total. The van der Waals surface area contributed by atoms with Crippen LogP contribution in [-0.2, 0) is 9.47 Å². The molecule has 0 radical (unpaired) electrons. The van der Waals surface area contributed by atoms with Crippen LogP contribution in [0.1, 0.15) is 16.8 Å². The third-order valence-corrected chi connectivity index (χ3v) is 2.44. The van der Waals surface area contributed by atoms with E-state index in [9.17, 15) is 4.79 Å². The number of esters is 1. The Morgan fingerprint density at radius 3 is 2.81 bits per heavy atom. The van der Waals surface area contributed by atoms with Crippen molar-refractivity contribution in [1.29, 1.82) is 0 Å². The molecule has 0 saturated heterocycles. The van der Waals surface area contributed by atoms with Crippen molar-refractivity contribution in [3.05, 3.63) is 28.0 Å². The Kier molecular flexibility index (Phi) is 5.52. The monoisotopic (exact) mass is 263 g/mol. The fourth-order valence-corrected chi connectivity index (χ4v) is 1.25. The molecular weight excluding hydrogens is 253 g/mol. The zero-order valence-electron chi connectivity index (χ0n) is 8.70. The van der Waals surface area contributed by atoms with Gasteiger partial charge in [-0.05, 0) is 6.07 Å². The lowest BCUT2D eigenvalue weighted by molar-refractivity contribution is 0.0468. The van der Waals surface area contributed by atoms with Crippen molar-refractivity contribution >= 4 is 29.2 Å². The largest absolute Gasteiger partial charge is 0.462 e. The molecule has 88 valence electrons. The van der Waals surface area contributed by atoms with Crippen LogP contribution in [0.5, 0.6) is 0 Å². The second-order valence-corrected chi connectivity index (χ2v) is 3.74. The van der Waals surface area contributed by atoms with Crippen LogP contribution in [0.3, 0.4) is 0 Å². The van der Waals surface area contributed by atoms with Crippen LogP contribution in [0.15, 0.2) is 12.3 Å². The minimum Gasteiger partial charge on any atom is -0.462 e. The number of carbonyl (C=O) groups excluding carboxylic acids is 1. The minimum atomic E-state index is -0.470. The summed E-state index contributed by atoms with van der Waals surface area (Å²) in [6.45, 7) is 0.847. The molecule has 16 heavy (non-hydrogen) atoms. The fraction of sp³-hybridized carbons (Fsp3) is 0.400. The number of ether oxygens (including phenoxy) is 2. The summed E-state index contributed by atoms with van der Waals surface area (Å²) in [5.74, 6) is -0.470. The molecule has 0 spiro atoms. The van der Waals surface area contributed by atoms with Crippen molar-refractivity contribution in [3.8, 4) is 0 Å². The van der Waals surface area contributed by atoms with E-state index in [0.717, 1.165) is 0 Å². The van der Waals surface area contributed by atoms with Crippen LogP contribution >= 0.6 is 23.2 Å². The van der Waals surface area contributed by atoms with Gasteiger partial charge in [-0.15, -0.1) is 0 Å². The maximum absolute atomic E-state index is 11.5. The highest BCUT2D eigenvalue weighted by atomic mass is 35.5. The summed E-state index contributed by atoms with van der Waals surface area (Å²) in [4.78, 5) is 15.2. The lowest BCUT2D eigenvalue weighted by Gasteiger charge is -2.04. The predicted molar refractivity (Wildman–Crippen MR) is 61.0 cm³/mol. The van der Waals surface area contributed by atoms with E-state index in [-0.39, 0.29) is 15.7 Å². The number of hydrogen-bond acceptors (Lipinski definition) is 4. The van der Waals surface area contributed by atoms with Crippen molar-refractivity contribution < 1.29 is 14.3 Å². The van der Waals surface area contributed by atoms with Crippen LogP contribution in [0.4, 0.5) is 0 Å². The standard InChI is InChI=1S/C10H11Cl2NO3/c1-15-3-2-4-16-10(14)7-5-8(11)9(12)13-6-7/h5-6H,2-4H2,1H3. The van der Waals surface area contributed by atoms with E-state index in [1.165, 1.54) is 12.3 Å². The van der Waals surface area contributed by atoms with Gasteiger partial charge in [0.15, 0.2) is 0 Å². The number of aromatic nitrogens is 1. The Hall–Kier alpha value is -0.840. The van der Waals surface area contributed by atoms with Crippen LogP contribution < -0.4 is 0 Å². The molecule has 0 bridgehead atoms. The summed E-state index contributed by atoms with van der Waals surface area (Å²) in [5.41, 5.74) is 0.284. The minimum absolute atomic E-state index is 0.164. The summed E-state index contributed by atoms with van der Waals surface area (Å²) in [5, 5.41) is 0.394. The van der Waals surface area contributed by atoms with E-state index < -0.39 is 5.97 Å². The van der Waals surface area contributed by atoms with Crippen molar-refractivity contribution in [2.75, 3.05) is 20.3 Å². The molecule has 1 heterocycles. The molecule has 0 aliphatic rings. The van der Waals surface area contributed by atoms with Gasteiger partial charge in [0.2, 0.25) is 0 Å². The van der Waals surface area contributed by atoms with E-state index in [1.54, 1.807) is 7.11 Å². The maximum Gasteiger partial charge on any atom is 0.339 e. The fourth-order valence-electron chi connectivity index (χ4n) is 0.984. The van der Waals surface area contributed by atoms with E-state index in [1.807, 2.05) is 0 Å². The van der Waals surface area contributed by atoms with E-state index in [0.29, 0.717) is 19.6 Å². The first-order valence-electron chi connectivity index (χ1n) is 4.62. The quantitative estimate of drug-likeness (QED) is 0.466.